The Bertz CT molecular complexity index is 1170. The van der Waals surface area contributed by atoms with Gasteiger partial charge in [0.05, 0.1) is 11.4 Å². The highest BCUT2D eigenvalue weighted by Crippen LogP contribution is 2.32. The summed E-state index contributed by atoms with van der Waals surface area (Å²) in [7, 11) is 2.00. The molecule has 37 heavy (non-hydrogen) atoms. The van der Waals surface area contributed by atoms with Crippen LogP contribution in [0.25, 0.3) is 0 Å². The van der Waals surface area contributed by atoms with Gasteiger partial charge >= 0.3 is 12.3 Å². The number of nitrogens with zero attached hydrogens (tertiary/aromatic N) is 4. The Morgan fingerprint density at radius 2 is 1.73 bits per heavy atom. The summed E-state index contributed by atoms with van der Waals surface area (Å²) < 4.78 is 46.2. The number of carbonyl (C=O) groups is 2. The summed E-state index contributed by atoms with van der Waals surface area (Å²) in [4.78, 5) is 35.2. The molecule has 4 rings (SSSR count). The monoisotopic (exact) mass is 519 g/mol. The maximum absolute atomic E-state index is 13.6. The first-order valence-electron chi connectivity index (χ1n) is 12.2. The van der Waals surface area contributed by atoms with Crippen LogP contribution < -0.4 is 10.2 Å². The van der Waals surface area contributed by atoms with E-state index in [-0.39, 0.29) is 23.5 Å². The zero-order valence-corrected chi connectivity index (χ0v) is 21.5. The lowest BCUT2D eigenvalue weighted by Crippen LogP contribution is -2.44. The lowest BCUT2D eigenvalue weighted by Gasteiger charge is -2.32. The first-order valence-corrected chi connectivity index (χ1v) is 12.2. The van der Waals surface area contributed by atoms with E-state index < -0.39 is 29.5 Å². The van der Waals surface area contributed by atoms with Crippen LogP contribution >= 0.6 is 0 Å². The molecule has 200 valence electrons. The van der Waals surface area contributed by atoms with Crippen LogP contribution in [-0.4, -0.2) is 72.2 Å². The normalized spacial score (nSPS) is 17.0. The molecule has 2 aliphatic rings. The average molecular weight is 520 g/mol. The first kappa shape index (κ1) is 26.9. The van der Waals surface area contributed by atoms with Crippen LogP contribution in [0.15, 0.2) is 30.3 Å². The van der Waals surface area contributed by atoms with Crippen LogP contribution in [0.3, 0.4) is 0 Å². The zero-order chi connectivity index (χ0) is 27.0. The second kappa shape index (κ2) is 10.3. The first-order chi connectivity index (χ1) is 17.3. The summed E-state index contributed by atoms with van der Waals surface area (Å²) in [6, 6.07) is 7.24. The van der Waals surface area contributed by atoms with Gasteiger partial charge in [0.1, 0.15) is 11.3 Å². The highest BCUT2D eigenvalue weighted by molar-refractivity contribution is 6.05. The number of carbonyl (C=O) groups excluding carboxylic acids is 2. The minimum atomic E-state index is -4.65. The fourth-order valence-electron chi connectivity index (χ4n) is 4.35. The van der Waals surface area contributed by atoms with Gasteiger partial charge in [0.25, 0.3) is 5.91 Å². The molecular weight excluding hydrogens is 487 g/mol. The number of amides is 2. The molecule has 0 unspecified atom stereocenters. The van der Waals surface area contributed by atoms with Gasteiger partial charge in [-0.3, -0.25) is 14.6 Å². The van der Waals surface area contributed by atoms with E-state index in [4.69, 9.17) is 4.74 Å². The molecular formula is C26H32F3N5O3. The van der Waals surface area contributed by atoms with Crippen LogP contribution in [0.4, 0.5) is 29.3 Å². The van der Waals surface area contributed by atoms with Gasteiger partial charge in [-0.2, -0.15) is 13.2 Å². The largest absolute Gasteiger partial charge is 0.443 e. The summed E-state index contributed by atoms with van der Waals surface area (Å²) in [5, 5.41) is 2.59. The molecule has 0 saturated carbocycles. The Labute approximate surface area is 214 Å². The molecule has 2 amide bonds. The molecule has 1 fully saturated rings. The number of alkyl halides is 3. The van der Waals surface area contributed by atoms with E-state index in [0.717, 1.165) is 37.8 Å². The molecule has 1 saturated heterocycles. The fraction of sp³-hybridized carbons (Fsp3) is 0.500. The SMILES string of the molecule is CN1CCN(Cc2cc(NC(=O)c3ccc4c(c3)N(C(=O)OC(C)(C)C)CC4)cc(C(F)(F)F)n2)CC1. The van der Waals surface area contributed by atoms with E-state index in [9.17, 15) is 22.8 Å². The number of benzene rings is 1. The van der Waals surface area contributed by atoms with Crippen molar-refractivity contribution in [3.8, 4) is 0 Å². The van der Waals surface area contributed by atoms with Gasteiger partial charge in [-0.25, -0.2) is 9.78 Å². The molecule has 2 aliphatic heterocycles. The predicted octanol–water partition coefficient (Wildman–Crippen LogP) is 4.40. The summed E-state index contributed by atoms with van der Waals surface area (Å²) >= 11 is 0. The topological polar surface area (TPSA) is 78.0 Å². The number of rotatable bonds is 4. The van der Waals surface area contributed by atoms with Gasteiger partial charge in [0.2, 0.25) is 0 Å². The standard InChI is InChI=1S/C26H32F3N5O3/c1-25(2,3)37-24(36)34-8-7-17-5-6-18(13-21(17)34)23(35)31-19-14-20(30-22(15-19)26(27,28)29)16-33-11-9-32(4)10-12-33/h5-6,13-15H,7-12,16H2,1-4H3,(H,30,31,35). The number of halogens is 3. The van der Waals surface area contributed by atoms with Crippen molar-refractivity contribution < 1.29 is 27.5 Å². The molecule has 3 heterocycles. The van der Waals surface area contributed by atoms with Crippen molar-refractivity contribution in [3.05, 3.63) is 52.8 Å². The average Bonchev–Trinajstić information content (AvgIpc) is 3.22. The molecule has 11 heteroatoms. The van der Waals surface area contributed by atoms with Crippen molar-refractivity contribution in [2.24, 2.45) is 0 Å². The number of likely N-dealkylation sites (N-methyl/N-ethyl adjacent to an activating group) is 1. The van der Waals surface area contributed by atoms with Crippen LogP contribution in [0.2, 0.25) is 0 Å². The van der Waals surface area contributed by atoms with E-state index in [0.29, 0.717) is 18.7 Å². The number of pyridine rings is 1. The molecule has 1 N–H and O–H groups in total. The maximum Gasteiger partial charge on any atom is 0.433 e. The van der Waals surface area contributed by atoms with Crippen molar-refractivity contribution >= 4 is 23.4 Å². The lowest BCUT2D eigenvalue weighted by atomic mass is 10.1. The third kappa shape index (κ3) is 6.78. The molecule has 1 aromatic heterocycles. The highest BCUT2D eigenvalue weighted by Gasteiger charge is 2.34. The van der Waals surface area contributed by atoms with Gasteiger partial charge in [0.15, 0.2) is 0 Å². The third-order valence-electron chi connectivity index (χ3n) is 6.27. The van der Waals surface area contributed by atoms with Gasteiger partial charge < -0.3 is 15.0 Å². The number of hydrogen-bond acceptors (Lipinski definition) is 6. The van der Waals surface area contributed by atoms with E-state index in [2.05, 4.69) is 15.2 Å². The smallest absolute Gasteiger partial charge is 0.433 e. The number of anilines is 2. The molecule has 0 bridgehead atoms. The predicted molar refractivity (Wildman–Crippen MR) is 134 cm³/mol. The summed E-state index contributed by atoms with van der Waals surface area (Å²) in [6.45, 7) is 9.07. The van der Waals surface area contributed by atoms with Crippen LogP contribution in [-0.2, 0) is 23.9 Å². The minimum absolute atomic E-state index is 0.0148. The molecule has 0 atom stereocenters. The quantitative estimate of drug-likeness (QED) is 0.646. The van der Waals surface area contributed by atoms with E-state index >= 15 is 0 Å². The second-order valence-corrected chi connectivity index (χ2v) is 10.5. The number of hydrogen-bond donors (Lipinski definition) is 1. The number of nitrogens with one attached hydrogen (secondary N) is 1. The molecule has 2 aromatic rings. The van der Waals surface area contributed by atoms with Gasteiger partial charge in [-0.05, 0) is 64.1 Å². The second-order valence-electron chi connectivity index (χ2n) is 10.5. The van der Waals surface area contributed by atoms with Crippen molar-refractivity contribution in [1.29, 1.82) is 0 Å². The van der Waals surface area contributed by atoms with E-state index in [1.807, 2.05) is 11.9 Å². The molecule has 8 nitrogen and oxygen atoms in total. The number of piperazine rings is 1. The minimum Gasteiger partial charge on any atom is -0.443 e. The maximum atomic E-state index is 13.6. The summed E-state index contributed by atoms with van der Waals surface area (Å²) in [6.07, 6.45) is -4.55. The van der Waals surface area contributed by atoms with Crippen molar-refractivity contribution in [2.45, 2.75) is 45.5 Å². The van der Waals surface area contributed by atoms with Crippen LogP contribution in [0, 0.1) is 0 Å². The molecule has 0 radical (unpaired) electrons. The van der Waals surface area contributed by atoms with Gasteiger partial charge in [-0.1, -0.05) is 6.07 Å². The van der Waals surface area contributed by atoms with Crippen LogP contribution in [0.5, 0.6) is 0 Å². The summed E-state index contributed by atoms with van der Waals surface area (Å²) in [5.74, 6) is -0.580. The molecule has 1 aromatic carbocycles. The highest BCUT2D eigenvalue weighted by atomic mass is 19.4. The van der Waals surface area contributed by atoms with Crippen molar-refractivity contribution in [3.63, 3.8) is 0 Å². The third-order valence-corrected chi connectivity index (χ3v) is 6.27. The Balaban J connectivity index is 1.54. The van der Waals surface area contributed by atoms with E-state index in [1.165, 1.54) is 11.0 Å². The molecule has 0 aliphatic carbocycles. The van der Waals surface area contributed by atoms with E-state index in [1.54, 1.807) is 39.0 Å². The number of ether oxygens (including phenoxy) is 1. The summed E-state index contributed by atoms with van der Waals surface area (Å²) in [5.41, 5.74) is 0.192. The fourth-order valence-corrected chi connectivity index (χ4v) is 4.35. The lowest BCUT2D eigenvalue weighted by molar-refractivity contribution is -0.141. The van der Waals surface area contributed by atoms with Crippen LogP contribution in [0.1, 0.15) is 48.1 Å². The Morgan fingerprint density at radius 1 is 1.03 bits per heavy atom. The Hall–Kier alpha value is -3.18. The zero-order valence-electron chi connectivity index (χ0n) is 21.5. The number of fused-ring (bicyclic) bond motifs is 1. The van der Waals surface area contributed by atoms with Gasteiger partial charge in [0, 0.05) is 50.5 Å². The molecule has 0 spiro atoms. The van der Waals surface area contributed by atoms with Crippen molar-refractivity contribution in [2.75, 3.05) is 50.0 Å². The van der Waals surface area contributed by atoms with Gasteiger partial charge in [-0.15, -0.1) is 0 Å². The Morgan fingerprint density at radius 3 is 2.38 bits per heavy atom. The Kier molecular flexibility index (Phi) is 7.48. The number of aromatic nitrogens is 1. The van der Waals surface area contributed by atoms with Crippen molar-refractivity contribution in [1.82, 2.24) is 14.8 Å².